The van der Waals surface area contributed by atoms with Gasteiger partial charge in [0.25, 0.3) is 0 Å². The number of halogens is 3. The van der Waals surface area contributed by atoms with E-state index < -0.39 is 27.6 Å². The van der Waals surface area contributed by atoms with Gasteiger partial charge in [0, 0.05) is 149 Å². The maximum absolute atomic E-state index is 13.6. The van der Waals surface area contributed by atoms with Gasteiger partial charge >= 0.3 is 0 Å². The number of para-hydroxylation sites is 3. The van der Waals surface area contributed by atoms with Crippen LogP contribution in [0.15, 0.2) is 146 Å². The van der Waals surface area contributed by atoms with Crippen LogP contribution < -0.4 is 76.6 Å². The molecule has 0 radical (unpaired) electrons. The lowest BCUT2D eigenvalue weighted by Crippen LogP contribution is -2.52. The molecule has 6 fully saturated rings. The Kier molecular flexibility index (Phi) is 30.0. The minimum absolute atomic E-state index is 0.346. The lowest BCUT2D eigenvalue weighted by Gasteiger charge is -2.42. The zero-order valence-corrected chi connectivity index (χ0v) is 75.3. The molecule has 0 spiro atoms. The minimum Gasteiger partial charge on any atom is -0.495 e. The Morgan fingerprint density at radius 1 is 0.375 bits per heavy atom. The van der Waals surface area contributed by atoms with Crippen molar-refractivity contribution in [2.45, 2.75) is 88.0 Å². The van der Waals surface area contributed by atoms with Crippen LogP contribution in [0.4, 0.5) is 85.2 Å². The van der Waals surface area contributed by atoms with Crippen molar-refractivity contribution in [3.8, 4) is 23.0 Å². The molecule has 642 valence electrons. The van der Waals surface area contributed by atoms with Crippen LogP contribution in [0.5, 0.6) is 23.0 Å². The fourth-order valence-corrected chi connectivity index (χ4v) is 20.6. The first-order valence-electron chi connectivity index (χ1n) is 41.5. The number of nitrogens with zero attached hydrogens (tertiary/aromatic N) is 13. The molecular formula is C88H117Cl2FN19O7P3. The molecule has 0 amide bonds. The molecule has 1 atom stereocenters. The second kappa shape index (κ2) is 40.4. The number of piperidine rings is 2. The van der Waals surface area contributed by atoms with Crippen molar-refractivity contribution in [1.29, 1.82) is 0 Å². The number of likely N-dealkylation sites (N-methyl/N-ethyl adjacent to an activating group) is 2. The van der Waals surface area contributed by atoms with E-state index in [9.17, 15) is 18.1 Å². The Bertz CT molecular complexity index is 5110. The van der Waals surface area contributed by atoms with E-state index in [4.69, 9.17) is 42.1 Å². The first kappa shape index (κ1) is 88.9. The molecule has 8 heterocycles. The summed E-state index contributed by atoms with van der Waals surface area (Å²) < 4.78 is 74.8. The summed E-state index contributed by atoms with van der Waals surface area (Å²) in [6, 6.07) is 43.0. The molecule has 5 saturated heterocycles. The number of methoxy groups -OCH3 is 4. The maximum Gasteiger partial charge on any atom is 0.229 e. The topological polar surface area (TPSA) is 260 Å². The maximum atomic E-state index is 13.6. The SMILES string of the molecule is COc1cc(C2CCC(N3CCN(C)CC3)CC2)ccc1Nc1ncc(Cl)c(Nc2ccccc2P(C)(C)=O)n1.COc1cc(N2CCC(N3CCN(C)CC3)CC2)ccc1Nc1ncc(OC)c(Nc2ccccc2P(C)(C)=O)n1.COc1cc(N2CCC(N3CC[C@@H](F)C3)CC2)ccc1Nc1ncc(Cl)c(Nc2ccccc2P(C)(C)=O)n1. The Morgan fingerprint density at radius 3 is 1.12 bits per heavy atom. The Labute approximate surface area is 716 Å². The highest BCUT2D eigenvalue weighted by Gasteiger charge is 2.34. The summed E-state index contributed by atoms with van der Waals surface area (Å²) >= 11 is 12.8. The average molecular weight is 1740 g/mol. The number of benzene rings is 6. The van der Waals surface area contributed by atoms with Crippen LogP contribution in [0.25, 0.3) is 0 Å². The van der Waals surface area contributed by atoms with Gasteiger partial charge in [-0.3, -0.25) is 14.7 Å². The van der Waals surface area contributed by atoms with Gasteiger partial charge in [0.05, 0.1) is 81.2 Å². The summed E-state index contributed by atoms with van der Waals surface area (Å²) in [6.07, 6.45) is 14.0. The third-order valence-electron chi connectivity index (χ3n) is 23.6. The average Bonchev–Trinajstić information content (AvgIpc) is 1.10. The van der Waals surface area contributed by atoms with Crippen LogP contribution in [0.3, 0.4) is 0 Å². The van der Waals surface area contributed by atoms with Crippen molar-refractivity contribution in [2.24, 2.45) is 0 Å². The lowest BCUT2D eigenvalue weighted by atomic mass is 9.81. The molecule has 120 heavy (non-hydrogen) atoms. The van der Waals surface area contributed by atoms with Crippen molar-refractivity contribution in [3.05, 3.63) is 162 Å². The predicted octanol–water partition coefficient (Wildman–Crippen LogP) is 16.5. The van der Waals surface area contributed by atoms with E-state index in [1.54, 1.807) is 80.8 Å². The zero-order valence-electron chi connectivity index (χ0n) is 71.2. The Hall–Kier alpha value is -8.84. The van der Waals surface area contributed by atoms with Gasteiger partial charge in [0.15, 0.2) is 23.2 Å². The van der Waals surface area contributed by atoms with Crippen molar-refractivity contribution in [2.75, 3.05) is 216 Å². The number of piperazine rings is 2. The van der Waals surface area contributed by atoms with E-state index in [-0.39, 0.29) is 0 Å². The van der Waals surface area contributed by atoms with Crippen molar-refractivity contribution >= 4 is 141 Å². The highest BCUT2D eigenvalue weighted by atomic mass is 35.5. The van der Waals surface area contributed by atoms with E-state index in [0.717, 1.165) is 120 Å². The van der Waals surface area contributed by atoms with Gasteiger partial charge in [-0.1, -0.05) is 65.7 Å². The smallest absolute Gasteiger partial charge is 0.229 e. The van der Waals surface area contributed by atoms with Crippen molar-refractivity contribution in [3.63, 3.8) is 0 Å². The van der Waals surface area contributed by atoms with Crippen molar-refractivity contribution < 1.29 is 37.0 Å². The number of nitrogens with one attached hydrogen (secondary N) is 6. The summed E-state index contributed by atoms with van der Waals surface area (Å²) in [7, 11) is 3.47. The molecular weight excluding hydrogens is 1620 g/mol. The monoisotopic (exact) mass is 1730 g/mol. The van der Waals surface area contributed by atoms with Gasteiger partial charge in [0.1, 0.15) is 54.9 Å². The number of hydrogen-bond donors (Lipinski definition) is 6. The molecule has 26 nitrogen and oxygen atoms in total. The first-order valence-corrected chi connectivity index (χ1v) is 50.0. The van der Waals surface area contributed by atoms with Crippen LogP contribution in [0.1, 0.15) is 69.3 Å². The number of ether oxygens (including phenoxy) is 4. The minimum atomic E-state index is -2.52. The fourth-order valence-electron chi connectivity index (χ4n) is 16.8. The summed E-state index contributed by atoms with van der Waals surface area (Å²) in [5.41, 5.74) is 7.97. The third kappa shape index (κ3) is 23.1. The number of anilines is 14. The molecule has 6 aliphatic rings. The van der Waals surface area contributed by atoms with Gasteiger partial charge in [-0.05, 0) is 196 Å². The van der Waals surface area contributed by atoms with E-state index >= 15 is 0 Å². The number of rotatable bonds is 25. The summed E-state index contributed by atoms with van der Waals surface area (Å²) in [5, 5.41) is 22.6. The Morgan fingerprint density at radius 2 is 0.733 bits per heavy atom. The van der Waals surface area contributed by atoms with E-state index in [1.807, 2.05) is 97.1 Å². The van der Waals surface area contributed by atoms with Crippen LogP contribution in [-0.2, 0) is 13.7 Å². The zero-order chi connectivity index (χ0) is 84.8. The van der Waals surface area contributed by atoms with Crippen LogP contribution in [-0.4, -0.2) is 253 Å². The van der Waals surface area contributed by atoms with Crippen LogP contribution >= 0.6 is 44.6 Å². The number of aromatic nitrogens is 6. The van der Waals surface area contributed by atoms with E-state index in [2.05, 4.69) is 141 Å². The molecule has 1 saturated carbocycles. The highest BCUT2D eigenvalue weighted by molar-refractivity contribution is 7.71. The van der Waals surface area contributed by atoms with Gasteiger partial charge < -0.3 is 84.1 Å². The second-order valence-electron chi connectivity index (χ2n) is 33.0. The molecule has 1 aliphatic carbocycles. The number of hydrogen-bond acceptors (Lipinski definition) is 26. The lowest BCUT2D eigenvalue weighted by molar-refractivity contribution is 0.0878. The first-order chi connectivity index (χ1) is 57.7. The quantitative estimate of drug-likeness (QED) is 0.0291. The fraction of sp³-hybridized carbons (Fsp3) is 0.455. The second-order valence-corrected chi connectivity index (χ2v) is 43.3. The third-order valence-corrected chi connectivity index (χ3v) is 28.8. The van der Waals surface area contributed by atoms with Gasteiger partial charge in [-0.15, -0.1) is 0 Å². The van der Waals surface area contributed by atoms with Gasteiger partial charge in [0.2, 0.25) is 17.8 Å². The standard InChI is InChI=1S/C30H40ClN6O2P.C30H42N7O3P.C28H35ClFN6O2P/c1-36-15-17-37(18-16-36)23-12-9-21(10-13-23)22-11-14-25(27(19-22)39-2)34-30-32-20-24(31)29(35-30)33-26-7-5-6-8-28(26)40(3,4)38;1-35-16-18-37(19-17-35)22-12-14-36(15-13-22)23-10-11-24(26(20-23)39-2)33-30-31-21-27(40-3)29(34-30)32-25-8-6-7-9-28(25)41(4,5)38;1-38-25-16-21(35-14-11-20(12-15-35)36-13-10-19(30)18-36)8-9-23(25)33-28-31-17-22(29)27(34-28)32-24-6-4-5-7-26(24)39(2,3)37/h5-8,11,14,19-21,23H,9-10,12-13,15-18H2,1-4H3,(H2,32,33,34,35);6-11,20-22H,12-19H2,1-5H3,(H2,31,32,33,34);4-9,16-17,19-20H,10-15,18H2,1-3H3,(H2,31,32,33,34)/t;;19-/m..1/s1. The van der Waals surface area contributed by atoms with Crippen molar-refractivity contribution in [1.82, 2.24) is 54.4 Å². The predicted molar refractivity (Wildman–Crippen MR) is 493 cm³/mol. The summed E-state index contributed by atoms with van der Waals surface area (Å²) in [5.74, 6) is 5.63. The number of alkyl halides is 1. The molecule has 6 N–H and O–H groups in total. The van der Waals surface area contributed by atoms with Crippen LogP contribution in [0.2, 0.25) is 10.0 Å². The summed E-state index contributed by atoms with van der Waals surface area (Å²) in [6.45, 7) is 25.2. The Balaban J connectivity index is 0.000000156. The van der Waals surface area contributed by atoms with Crippen LogP contribution in [0, 0.1) is 0 Å². The molecule has 15 rings (SSSR count). The largest absolute Gasteiger partial charge is 0.495 e. The molecule has 32 heteroatoms. The normalized spacial score (nSPS) is 18.9. The van der Waals surface area contributed by atoms with E-state index in [1.165, 1.54) is 89.6 Å². The highest BCUT2D eigenvalue weighted by Crippen LogP contribution is 2.45. The van der Waals surface area contributed by atoms with E-state index in [0.29, 0.717) is 105 Å². The number of likely N-dealkylation sites (tertiary alicyclic amines) is 1. The summed E-state index contributed by atoms with van der Waals surface area (Å²) in [4.78, 5) is 44.3. The molecule has 6 aromatic carbocycles. The molecule has 3 aromatic heterocycles. The molecule has 0 bridgehead atoms. The molecule has 9 aromatic rings. The molecule has 5 aliphatic heterocycles. The molecule has 0 unspecified atom stereocenters. The van der Waals surface area contributed by atoms with Gasteiger partial charge in [-0.25, -0.2) is 19.3 Å². The van der Waals surface area contributed by atoms with Gasteiger partial charge in [-0.2, -0.15) is 15.0 Å².